The van der Waals surface area contributed by atoms with Crippen molar-refractivity contribution >= 4 is 22.8 Å². The number of nitrogens with zero attached hydrogens (tertiary/aromatic N) is 1. The van der Waals surface area contributed by atoms with Gasteiger partial charge in [0.15, 0.2) is 0 Å². The van der Waals surface area contributed by atoms with E-state index in [0.29, 0.717) is 17.7 Å². The Morgan fingerprint density at radius 2 is 2.05 bits per heavy atom. The molecule has 0 spiro atoms. The molecule has 0 unspecified atom stereocenters. The maximum atomic E-state index is 12.5. The number of carbonyl (C=O) groups is 2. The molecule has 1 aromatic heterocycles. The Hall–Kier alpha value is -2.30. The number of carbonyl (C=O) groups excluding carboxylic acids is 2. The molecule has 106 valence electrons. The first-order valence-electron chi connectivity index (χ1n) is 6.49. The van der Waals surface area contributed by atoms with Gasteiger partial charge in [0.05, 0.1) is 12.7 Å². The van der Waals surface area contributed by atoms with Gasteiger partial charge < -0.3 is 14.1 Å². The highest BCUT2D eigenvalue weighted by atomic mass is 16.5. The third-order valence-corrected chi connectivity index (χ3v) is 3.04. The second kappa shape index (κ2) is 6.23. The molecular weight excluding hydrogens is 258 g/mol. The lowest BCUT2D eigenvalue weighted by Gasteiger charge is -2.20. The fraction of sp³-hybridized carbons (Fsp3) is 0.333. The molecule has 0 N–H and O–H groups in total. The van der Waals surface area contributed by atoms with Gasteiger partial charge in [0, 0.05) is 11.9 Å². The minimum atomic E-state index is -0.431. The maximum absolute atomic E-state index is 12.5. The molecule has 2 rings (SSSR count). The van der Waals surface area contributed by atoms with Crippen molar-refractivity contribution in [3.05, 3.63) is 36.1 Å². The number of ether oxygens (including phenoxy) is 1. The average Bonchev–Trinajstić information content (AvgIpc) is 2.89. The number of rotatable bonds is 5. The van der Waals surface area contributed by atoms with Crippen LogP contribution in [0, 0.1) is 0 Å². The third-order valence-electron chi connectivity index (χ3n) is 3.04. The minimum Gasteiger partial charge on any atom is -0.468 e. The van der Waals surface area contributed by atoms with E-state index in [2.05, 4.69) is 4.74 Å². The van der Waals surface area contributed by atoms with Crippen LogP contribution in [0.2, 0.25) is 0 Å². The van der Waals surface area contributed by atoms with E-state index >= 15 is 0 Å². The molecule has 20 heavy (non-hydrogen) atoms. The van der Waals surface area contributed by atoms with Crippen LogP contribution < -0.4 is 0 Å². The highest BCUT2D eigenvalue weighted by Crippen LogP contribution is 2.22. The number of benzene rings is 1. The van der Waals surface area contributed by atoms with Crippen molar-refractivity contribution in [1.29, 1.82) is 0 Å². The van der Waals surface area contributed by atoms with Crippen molar-refractivity contribution in [2.45, 2.75) is 13.3 Å². The number of amides is 1. The average molecular weight is 275 g/mol. The largest absolute Gasteiger partial charge is 0.468 e. The summed E-state index contributed by atoms with van der Waals surface area (Å²) in [6, 6.07) is 7.32. The molecule has 0 fully saturated rings. The lowest BCUT2D eigenvalue weighted by molar-refractivity contribution is -0.141. The predicted octanol–water partition coefficient (Wildman–Crippen LogP) is 2.46. The highest BCUT2D eigenvalue weighted by molar-refractivity contribution is 6.06. The van der Waals surface area contributed by atoms with E-state index in [1.165, 1.54) is 18.3 Å². The molecule has 0 saturated heterocycles. The number of methoxy groups -OCH3 is 1. The summed E-state index contributed by atoms with van der Waals surface area (Å²) in [6.45, 7) is 2.39. The summed E-state index contributed by atoms with van der Waals surface area (Å²) in [7, 11) is 1.31. The number of hydrogen-bond acceptors (Lipinski definition) is 4. The Morgan fingerprint density at radius 3 is 2.75 bits per heavy atom. The number of esters is 1. The second-order valence-electron chi connectivity index (χ2n) is 4.45. The molecular formula is C15H17NO4. The number of furan rings is 1. The van der Waals surface area contributed by atoms with Crippen LogP contribution in [0.15, 0.2) is 34.9 Å². The van der Waals surface area contributed by atoms with E-state index in [1.54, 1.807) is 6.07 Å². The lowest BCUT2D eigenvalue weighted by atomic mass is 10.1. The zero-order chi connectivity index (χ0) is 14.5. The van der Waals surface area contributed by atoms with Crippen LogP contribution >= 0.6 is 0 Å². The molecule has 0 bridgehead atoms. The number of hydrogen-bond donors (Lipinski definition) is 0. The topological polar surface area (TPSA) is 59.8 Å². The van der Waals surface area contributed by atoms with Crippen LogP contribution in [-0.4, -0.2) is 37.0 Å². The standard InChI is InChI=1S/C15H17NO4/c1-3-8-16(9-14(17)19-2)15(18)12-10-20-13-7-5-4-6-11(12)13/h4-7,10H,3,8-9H2,1-2H3. The summed E-state index contributed by atoms with van der Waals surface area (Å²) in [6.07, 6.45) is 2.20. The summed E-state index contributed by atoms with van der Waals surface area (Å²) in [5, 5.41) is 0.753. The summed E-state index contributed by atoms with van der Waals surface area (Å²) >= 11 is 0. The van der Waals surface area contributed by atoms with E-state index in [0.717, 1.165) is 11.8 Å². The summed E-state index contributed by atoms with van der Waals surface area (Å²) in [5.41, 5.74) is 1.13. The van der Waals surface area contributed by atoms with Crippen molar-refractivity contribution in [3.8, 4) is 0 Å². The van der Waals surface area contributed by atoms with Gasteiger partial charge in [0.2, 0.25) is 0 Å². The molecule has 2 aromatic rings. The molecule has 0 radical (unpaired) electrons. The lowest BCUT2D eigenvalue weighted by Crippen LogP contribution is -2.36. The van der Waals surface area contributed by atoms with Crippen molar-refractivity contribution < 1.29 is 18.7 Å². The Bertz CT molecular complexity index is 617. The van der Waals surface area contributed by atoms with Gasteiger partial charge in [-0.05, 0) is 12.5 Å². The Morgan fingerprint density at radius 1 is 1.30 bits per heavy atom. The molecule has 0 aliphatic rings. The first-order valence-corrected chi connectivity index (χ1v) is 6.49. The van der Waals surface area contributed by atoms with Gasteiger partial charge >= 0.3 is 5.97 Å². The molecule has 1 heterocycles. The van der Waals surface area contributed by atoms with Gasteiger partial charge in [-0.15, -0.1) is 0 Å². The maximum Gasteiger partial charge on any atom is 0.325 e. The van der Waals surface area contributed by atoms with Gasteiger partial charge in [0.25, 0.3) is 5.91 Å². The molecule has 0 saturated carbocycles. The fourth-order valence-electron chi connectivity index (χ4n) is 2.06. The minimum absolute atomic E-state index is 0.0529. The highest BCUT2D eigenvalue weighted by Gasteiger charge is 2.21. The van der Waals surface area contributed by atoms with Crippen molar-refractivity contribution in [2.24, 2.45) is 0 Å². The van der Waals surface area contributed by atoms with Crippen LogP contribution in [0.25, 0.3) is 11.0 Å². The van der Waals surface area contributed by atoms with Gasteiger partial charge in [-0.2, -0.15) is 0 Å². The molecule has 0 aliphatic heterocycles. The van der Waals surface area contributed by atoms with E-state index in [-0.39, 0.29) is 12.5 Å². The van der Waals surface area contributed by atoms with Crippen LogP contribution in [0.5, 0.6) is 0 Å². The summed E-state index contributed by atoms with van der Waals surface area (Å²) in [5.74, 6) is -0.651. The molecule has 5 nitrogen and oxygen atoms in total. The number of para-hydroxylation sites is 1. The second-order valence-corrected chi connectivity index (χ2v) is 4.45. The van der Waals surface area contributed by atoms with E-state index < -0.39 is 5.97 Å². The van der Waals surface area contributed by atoms with E-state index in [9.17, 15) is 9.59 Å². The third kappa shape index (κ3) is 2.82. The van der Waals surface area contributed by atoms with Crippen molar-refractivity contribution in [1.82, 2.24) is 4.90 Å². The Labute approximate surface area is 117 Å². The van der Waals surface area contributed by atoms with Gasteiger partial charge in [-0.1, -0.05) is 25.1 Å². The number of fused-ring (bicyclic) bond motifs is 1. The van der Waals surface area contributed by atoms with Gasteiger partial charge in [-0.3, -0.25) is 9.59 Å². The Kier molecular flexibility index (Phi) is 4.40. The van der Waals surface area contributed by atoms with Crippen molar-refractivity contribution in [3.63, 3.8) is 0 Å². The molecule has 1 amide bonds. The van der Waals surface area contributed by atoms with E-state index in [1.807, 2.05) is 25.1 Å². The van der Waals surface area contributed by atoms with Crippen LogP contribution in [0.1, 0.15) is 23.7 Å². The van der Waals surface area contributed by atoms with E-state index in [4.69, 9.17) is 4.42 Å². The summed E-state index contributed by atoms with van der Waals surface area (Å²) < 4.78 is 9.99. The van der Waals surface area contributed by atoms with Gasteiger partial charge in [-0.25, -0.2) is 0 Å². The zero-order valence-electron chi connectivity index (χ0n) is 11.6. The zero-order valence-corrected chi connectivity index (χ0v) is 11.6. The molecule has 1 aromatic carbocycles. The quantitative estimate of drug-likeness (QED) is 0.786. The monoisotopic (exact) mass is 275 g/mol. The Balaban J connectivity index is 2.29. The first-order chi connectivity index (χ1) is 9.67. The predicted molar refractivity (Wildman–Crippen MR) is 74.4 cm³/mol. The molecule has 0 atom stereocenters. The normalized spacial score (nSPS) is 10.5. The SMILES string of the molecule is CCCN(CC(=O)OC)C(=O)c1coc2ccccc12. The van der Waals surface area contributed by atoms with Crippen LogP contribution in [-0.2, 0) is 9.53 Å². The van der Waals surface area contributed by atoms with Crippen LogP contribution in [0.3, 0.4) is 0 Å². The summed E-state index contributed by atoms with van der Waals surface area (Å²) in [4.78, 5) is 25.4. The smallest absolute Gasteiger partial charge is 0.325 e. The fourth-order valence-corrected chi connectivity index (χ4v) is 2.06. The van der Waals surface area contributed by atoms with Crippen LogP contribution in [0.4, 0.5) is 0 Å². The molecule has 5 heteroatoms. The first kappa shape index (κ1) is 14.1. The van der Waals surface area contributed by atoms with Crippen molar-refractivity contribution in [2.75, 3.05) is 20.2 Å². The van der Waals surface area contributed by atoms with Gasteiger partial charge in [0.1, 0.15) is 18.4 Å². The molecule has 0 aliphatic carbocycles.